The number of allylic oxidation sites excluding steroid dienone is 3. The van der Waals surface area contributed by atoms with Crippen LogP contribution < -0.4 is 0 Å². The van der Waals surface area contributed by atoms with Gasteiger partial charge < -0.3 is 9.47 Å². The van der Waals surface area contributed by atoms with Crippen LogP contribution in [0.2, 0.25) is 0 Å². The summed E-state index contributed by atoms with van der Waals surface area (Å²) in [7, 11) is 1.43. The smallest absolute Gasteiger partial charge is 0.338 e. The summed E-state index contributed by atoms with van der Waals surface area (Å²) in [4.78, 5) is 23.4. The van der Waals surface area contributed by atoms with Crippen molar-refractivity contribution in [3.8, 4) is 0 Å². The molecular formula is C26H38O4. The van der Waals surface area contributed by atoms with E-state index in [1.165, 1.54) is 13.5 Å². The van der Waals surface area contributed by atoms with Gasteiger partial charge in [-0.05, 0) is 50.3 Å². The molecule has 1 aromatic carbocycles. The second-order valence-corrected chi connectivity index (χ2v) is 7.50. The van der Waals surface area contributed by atoms with Gasteiger partial charge in [0.15, 0.2) is 0 Å². The van der Waals surface area contributed by atoms with Gasteiger partial charge in [-0.15, -0.1) is 0 Å². The van der Waals surface area contributed by atoms with Gasteiger partial charge in [0, 0.05) is 6.42 Å². The van der Waals surface area contributed by atoms with Gasteiger partial charge in [0.05, 0.1) is 12.7 Å². The molecule has 1 rings (SSSR count). The summed E-state index contributed by atoms with van der Waals surface area (Å²) in [6.07, 6.45) is 19.2. The Morgan fingerprint density at radius 3 is 2.40 bits per heavy atom. The lowest BCUT2D eigenvalue weighted by atomic mass is 10.1. The first-order chi connectivity index (χ1) is 14.7. The van der Waals surface area contributed by atoms with Crippen molar-refractivity contribution in [2.45, 2.75) is 83.7 Å². The van der Waals surface area contributed by atoms with Gasteiger partial charge in [-0.3, -0.25) is 4.79 Å². The number of benzene rings is 1. The normalized spacial score (nSPS) is 12.3. The maximum atomic E-state index is 12.3. The van der Waals surface area contributed by atoms with E-state index in [0.29, 0.717) is 12.0 Å². The van der Waals surface area contributed by atoms with Gasteiger partial charge in [-0.2, -0.15) is 0 Å². The standard InChI is InChI=1S/C26H38O4/c1-3-4-13-20-24(30-26(28)23-18-14-12-15-19-23)21-16-10-8-6-5-7-9-11-17-22-25(27)29-2/h8,10,12,14-16,18-19,21,24H,3-7,9,11,13,17,20,22H2,1-2H3/b10-8-,21-16+. The first-order valence-electron chi connectivity index (χ1n) is 11.3. The van der Waals surface area contributed by atoms with Gasteiger partial charge in [-0.25, -0.2) is 4.79 Å². The van der Waals surface area contributed by atoms with Crippen molar-refractivity contribution >= 4 is 11.9 Å². The van der Waals surface area contributed by atoms with E-state index < -0.39 is 0 Å². The lowest BCUT2D eigenvalue weighted by Gasteiger charge is -2.14. The van der Waals surface area contributed by atoms with Crippen LogP contribution in [0.1, 0.15) is 87.9 Å². The molecule has 4 nitrogen and oxygen atoms in total. The number of methoxy groups -OCH3 is 1. The number of carbonyl (C=O) groups excluding carboxylic acids is 2. The minimum atomic E-state index is -0.266. The van der Waals surface area contributed by atoms with Gasteiger partial charge in [0.1, 0.15) is 6.10 Å². The summed E-state index contributed by atoms with van der Waals surface area (Å²) in [5, 5.41) is 0. The third kappa shape index (κ3) is 13.0. The van der Waals surface area contributed by atoms with Crippen LogP contribution in [0.15, 0.2) is 54.6 Å². The Hall–Kier alpha value is -2.36. The highest BCUT2D eigenvalue weighted by atomic mass is 16.5. The van der Waals surface area contributed by atoms with Crippen LogP contribution in [0.25, 0.3) is 0 Å². The van der Waals surface area contributed by atoms with Crippen molar-refractivity contribution in [1.29, 1.82) is 0 Å². The molecule has 166 valence electrons. The zero-order chi connectivity index (χ0) is 21.9. The van der Waals surface area contributed by atoms with E-state index in [4.69, 9.17) is 4.74 Å². The predicted octanol–water partition coefficient (Wildman–Crippen LogP) is 6.81. The number of esters is 2. The molecule has 1 atom stereocenters. The summed E-state index contributed by atoms with van der Waals surface area (Å²) in [5.74, 6) is -0.384. The molecule has 0 amide bonds. The fourth-order valence-corrected chi connectivity index (χ4v) is 3.10. The second kappa shape index (κ2) is 17.5. The Labute approximate surface area is 182 Å². The van der Waals surface area contributed by atoms with E-state index in [9.17, 15) is 9.59 Å². The molecule has 4 heteroatoms. The average Bonchev–Trinajstić information content (AvgIpc) is 2.77. The van der Waals surface area contributed by atoms with Crippen LogP contribution in [0, 0.1) is 0 Å². The van der Waals surface area contributed by atoms with Crippen molar-refractivity contribution in [3.63, 3.8) is 0 Å². The lowest BCUT2D eigenvalue weighted by Crippen LogP contribution is -2.16. The molecule has 0 N–H and O–H groups in total. The molecule has 0 aromatic heterocycles. The third-order valence-corrected chi connectivity index (χ3v) is 4.91. The zero-order valence-corrected chi connectivity index (χ0v) is 18.7. The molecule has 0 saturated heterocycles. The first-order valence-corrected chi connectivity index (χ1v) is 11.3. The largest absolute Gasteiger partial charge is 0.469 e. The summed E-state index contributed by atoms with van der Waals surface area (Å²) in [6.45, 7) is 2.17. The minimum Gasteiger partial charge on any atom is -0.469 e. The van der Waals surface area contributed by atoms with Crippen molar-refractivity contribution in [3.05, 3.63) is 60.2 Å². The third-order valence-electron chi connectivity index (χ3n) is 4.91. The molecule has 1 aromatic rings. The summed E-state index contributed by atoms with van der Waals surface area (Å²) >= 11 is 0. The molecule has 30 heavy (non-hydrogen) atoms. The number of hydrogen-bond donors (Lipinski definition) is 0. The fraction of sp³-hybridized carbons (Fsp3) is 0.538. The van der Waals surface area contributed by atoms with E-state index in [2.05, 4.69) is 17.7 Å². The topological polar surface area (TPSA) is 52.6 Å². The number of ether oxygens (including phenoxy) is 2. The molecule has 0 bridgehead atoms. The number of carbonyl (C=O) groups is 2. The van der Waals surface area contributed by atoms with E-state index >= 15 is 0 Å². The Kier molecular flexibility index (Phi) is 15.0. The van der Waals surface area contributed by atoms with Gasteiger partial charge in [-0.1, -0.05) is 75.5 Å². The van der Waals surface area contributed by atoms with Crippen molar-refractivity contribution in [2.75, 3.05) is 7.11 Å². The van der Waals surface area contributed by atoms with Crippen molar-refractivity contribution in [2.24, 2.45) is 0 Å². The highest BCUT2D eigenvalue weighted by Gasteiger charge is 2.12. The Morgan fingerprint density at radius 1 is 0.933 bits per heavy atom. The van der Waals surface area contributed by atoms with E-state index in [1.807, 2.05) is 36.4 Å². The summed E-state index contributed by atoms with van der Waals surface area (Å²) in [5.41, 5.74) is 0.591. The Morgan fingerprint density at radius 2 is 1.67 bits per heavy atom. The van der Waals surface area contributed by atoms with Crippen LogP contribution in [0.4, 0.5) is 0 Å². The molecular weight excluding hydrogens is 376 g/mol. The quantitative estimate of drug-likeness (QED) is 0.169. The number of hydrogen-bond acceptors (Lipinski definition) is 4. The van der Waals surface area contributed by atoms with Gasteiger partial charge in [0.2, 0.25) is 0 Å². The molecule has 0 heterocycles. The summed E-state index contributed by atoms with van der Waals surface area (Å²) in [6, 6.07) is 9.15. The van der Waals surface area contributed by atoms with E-state index in [1.54, 1.807) is 12.1 Å². The first kappa shape index (κ1) is 25.7. The van der Waals surface area contributed by atoms with Crippen molar-refractivity contribution in [1.82, 2.24) is 0 Å². The summed E-state index contributed by atoms with van der Waals surface area (Å²) < 4.78 is 10.3. The molecule has 0 aliphatic rings. The zero-order valence-electron chi connectivity index (χ0n) is 18.7. The lowest BCUT2D eigenvalue weighted by molar-refractivity contribution is -0.140. The Bertz CT molecular complexity index is 634. The Balaban J connectivity index is 2.29. The van der Waals surface area contributed by atoms with E-state index in [0.717, 1.165) is 57.8 Å². The molecule has 0 saturated carbocycles. The van der Waals surface area contributed by atoms with Crippen LogP contribution in [0.3, 0.4) is 0 Å². The second-order valence-electron chi connectivity index (χ2n) is 7.50. The SMILES string of the molecule is CCCCCC(/C=C/C=C\CCCCCCCC(=O)OC)OC(=O)c1ccccc1. The van der Waals surface area contributed by atoms with Crippen LogP contribution in [0.5, 0.6) is 0 Å². The van der Waals surface area contributed by atoms with Crippen molar-refractivity contribution < 1.29 is 19.1 Å². The van der Waals surface area contributed by atoms with Crippen LogP contribution >= 0.6 is 0 Å². The maximum Gasteiger partial charge on any atom is 0.338 e. The highest BCUT2D eigenvalue weighted by Crippen LogP contribution is 2.12. The van der Waals surface area contributed by atoms with Gasteiger partial charge in [0.25, 0.3) is 0 Å². The molecule has 0 aliphatic carbocycles. The molecule has 0 radical (unpaired) electrons. The monoisotopic (exact) mass is 414 g/mol. The maximum absolute atomic E-state index is 12.3. The minimum absolute atomic E-state index is 0.118. The molecule has 0 spiro atoms. The number of unbranched alkanes of at least 4 members (excludes halogenated alkanes) is 7. The molecule has 1 unspecified atom stereocenters. The average molecular weight is 415 g/mol. The van der Waals surface area contributed by atoms with Crippen LogP contribution in [-0.4, -0.2) is 25.2 Å². The highest BCUT2D eigenvalue weighted by molar-refractivity contribution is 5.89. The molecule has 0 aliphatic heterocycles. The number of rotatable bonds is 16. The predicted molar refractivity (Wildman–Crippen MR) is 122 cm³/mol. The molecule has 0 fully saturated rings. The van der Waals surface area contributed by atoms with Crippen LogP contribution in [-0.2, 0) is 14.3 Å². The van der Waals surface area contributed by atoms with Gasteiger partial charge >= 0.3 is 11.9 Å². The van der Waals surface area contributed by atoms with E-state index in [-0.39, 0.29) is 18.0 Å². The fourth-order valence-electron chi connectivity index (χ4n) is 3.10.